The molecule has 1 aliphatic heterocycles. The van der Waals surface area contributed by atoms with Gasteiger partial charge in [-0.1, -0.05) is 37.1 Å². The molecule has 0 atom stereocenters. The molecule has 0 unspecified atom stereocenters. The molecule has 1 saturated heterocycles. The first kappa shape index (κ1) is 18.0. The Morgan fingerprint density at radius 2 is 1.52 bits per heavy atom. The molecule has 1 heterocycles. The maximum absolute atomic E-state index is 12.5. The van der Waals surface area contributed by atoms with Gasteiger partial charge in [-0.2, -0.15) is 0 Å². The molecular weight excluding hydrogens is 286 g/mol. The lowest BCUT2D eigenvalue weighted by Crippen LogP contribution is -2.38. The number of likely N-dealkylation sites (N-methyl/N-ethyl adjacent to an activating group) is 1. The van der Waals surface area contributed by atoms with Crippen molar-refractivity contribution in [2.24, 2.45) is 0 Å². The minimum Gasteiger partial charge on any atom is -0.340 e. The van der Waals surface area contributed by atoms with Crippen LogP contribution in [0.1, 0.15) is 36.8 Å². The summed E-state index contributed by atoms with van der Waals surface area (Å²) in [5, 5.41) is 0. The molecule has 4 nitrogen and oxygen atoms in total. The second-order valence-electron chi connectivity index (χ2n) is 6.95. The highest BCUT2D eigenvalue weighted by Crippen LogP contribution is 2.14. The summed E-state index contributed by atoms with van der Waals surface area (Å²) in [4.78, 5) is 18.9. The molecule has 0 bridgehead atoms. The first-order chi connectivity index (χ1) is 11.1. The van der Waals surface area contributed by atoms with E-state index in [0.717, 1.165) is 19.6 Å². The van der Waals surface area contributed by atoms with Gasteiger partial charge in [0.05, 0.1) is 6.54 Å². The summed E-state index contributed by atoms with van der Waals surface area (Å²) in [6.07, 6.45) is 5.06. The molecule has 0 radical (unpaired) electrons. The Bertz CT molecular complexity index is 493. The smallest absolute Gasteiger partial charge is 0.236 e. The molecule has 1 fully saturated rings. The van der Waals surface area contributed by atoms with E-state index in [0.29, 0.717) is 13.1 Å². The summed E-state index contributed by atoms with van der Waals surface area (Å²) in [7, 11) is 6.07. The van der Waals surface area contributed by atoms with E-state index in [1.807, 2.05) is 11.9 Å². The Labute approximate surface area is 141 Å². The van der Waals surface area contributed by atoms with Gasteiger partial charge in [0.1, 0.15) is 0 Å². The van der Waals surface area contributed by atoms with Crippen molar-refractivity contribution in [1.82, 2.24) is 14.7 Å². The van der Waals surface area contributed by atoms with Crippen LogP contribution in [0.3, 0.4) is 0 Å². The monoisotopic (exact) mass is 317 g/mol. The average molecular weight is 317 g/mol. The van der Waals surface area contributed by atoms with E-state index in [1.165, 1.54) is 36.8 Å². The molecule has 1 aliphatic rings. The molecule has 1 amide bonds. The van der Waals surface area contributed by atoms with Crippen LogP contribution >= 0.6 is 0 Å². The van der Waals surface area contributed by atoms with E-state index in [-0.39, 0.29) is 5.91 Å². The van der Waals surface area contributed by atoms with Crippen LogP contribution in [0.4, 0.5) is 0 Å². The Balaban J connectivity index is 1.92. The van der Waals surface area contributed by atoms with Gasteiger partial charge in [-0.05, 0) is 51.2 Å². The summed E-state index contributed by atoms with van der Waals surface area (Å²) in [6, 6.07) is 8.42. The summed E-state index contributed by atoms with van der Waals surface area (Å²) in [5.41, 5.74) is 2.54. The van der Waals surface area contributed by atoms with Crippen LogP contribution in [-0.4, -0.2) is 61.4 Å². The lowest BCUT2D eigenvalue weighted by molar-refractivity contribution is -0.131. The van der Waals surface area contributed by atoms with Crippen LogP contribution in [-0.2, 0) is 17.9 Å². The van der Waals surface area contributed by atoms with Crippen molar-refractivity contribution in [3.63, 3.8) is 0 Å². The number of carbonyl (C=O) groups excluding carboxylic acids is 1. The molecule has 0 saturated carbocycles. The van der Waals surface area contributed by atoms with Crippen molar-refractivity contribution in [3.05, 3.63) is 35.4 Å². The fraction of sp³-hybridized carbons (Fsp3) is 0.632. The van der Waals surface area contributed by atoms with E-state index in [9.17, 15) is 4.79 Å². The number of likely N-dealkylation sites (tertiary alicyclic amines) is 1. The normalized spacial score (nSPS) is 16.3. The highest BCUT2D eigenvalue weighted by molar-refractivity contribution is 5.78. The lowest BCUT2D eigenvalue weighted by atomic mass is 10.1. The topological polar surface area (TPSA) is 26.8 Å². The van der Waals surface area contributed by atoms with E-state index in [1.54, 1.807) is 0 Å². The third-order valence-electron chi connectivity index (χ3n) is 4.50. The van der Waals surface area contributed by atoms with Gasteiger partial charge in [-0.25, -0.2) is 0 Å². The molecule has 128 valence electrons. The fourth-order valence-electron chi connectivity index (χ4n) is 3.16. The van der Waals surface area contributed by atoms with Crippen LogP contribution in [0, 0.1) is 0 Å². The van der Waals surface area contributed by atoms with Crippen LogP contribution in [0.5, 0.6) is 0 Å². The number of benzene rings is 1. The van der Waals surface area contributed by atoms with Gasteiger partial charge in [0.25, 0.3) is 0 Å². The maximum atomic E-state index is 12.5. The largest absolute Gasteiger partial charge is 0.340 e. The molecule has 1 aromatic carbocycles. The molecule has 4 heteroatoms. The highest BCUT2D eigenvalue weighted by atomic mass is 16.2. The summed E-state index contributed by atoms with van der Waals surface area (Å²) >= 11 is 0. The van der Waals surface area contributed by atoms with E-state index < -0.39 is 0 Å². The van der Waals surface area contributed by atoms with Crippen LogP contribution in [0.25, 0.3) is 0 Å². The van der Waals surface area contributed by atoms with E-state index >= 15 is 0 Å². The van der Waals surface area contributed by atoms with Gasteiger partial charge < -0.3 is 9.80 Å². The van der Waals surface area contributed by atoms with Crippen molar-refractivity contribution < 1.29 is 4.79 Å². The number of hydrogen-bond acceptors (Lipinski definition) is 3. The SMILES string of the molecule is CN(C)Cc1ccccc1CN(C)C(=O)CN1CCCCCC1. The van der Waals surface area contributed by atoms with Gasteiger partial charge >= 0.3 is 0 Å². The Morgan fingerprint density at radius 3 is 2.09 bits per heavy atom. The number of hydrogen-bond donors (Lipinski definition) is 0. The van der Waals surface area contributed by atoms with Crippen LogP contribution < -0.4 is 0 Å². The van der Waals surface area contributed by atoms with Crippen molar-refractivity contribution in [2.75, 3.05) is 40.8 Å². The third kappa shape index (κ3) is 5.96. The van der Waals surface area contributed by atoms with Crippen molar-refractivity contribution in [3.8, 4) is 0 Å². The van der Waals surface area contributed by atoms with Gasteiger partial charge in [-0.3, -0.25) is 9.69 Å². The van der Waals surface area contributed by atoms with Crippen LogP contribution in [0.2, 0.25) is 0 Å². The van der Waals surface area contributed by atoms with Gasteiger partial charge in [-0.15, -0.1) is 0 Å². The molecule has 0 aromatic heterocycles. The Hall–Kier alpha value is -1.39. The molecule has 0 spiro atoms. The predicted molar refractivity (Wildman–Crippen MR) is 95.2 cm³/mol. The number of amides is 1. The standard InChI is InChI=1S/C19H31N3O/c1-20(2)14-17-10-6-7-11-18(17)15-21(3)19(23)16-22-12-8-4-5-9-13-22/h6-7,10-11H,4-5,8-9,12-16H2,1-3H3. The predicted octanol–water partition coefficient (Wildman–Crippen LogP) is 2.58. The number of nitrogens with zero attached hydrogens (tertiary/aromatic N) is 3. The molecule has 0 N–H and O–H groups in total. The van der Waals surface area contributed by atoms with Crippen LogP contribution in [0.15, 0.2) is 24.3 Å². The fourth-order valence-corrected chi connectivity index (χ4v) is 3.16. The average Bonchev–Trinajstić information content (AvgIpc) is 2.77. The molecular formula is C19H31N3O. The first-order valence-electron chi connectivity index (χ1n) is 8.74. The first-order valence-corrected chi connectivity index (χ1v) is 8.74. The van der Waals surface area contributed by atoms with Crippen molar-refractivity contribution in [2.45, 2.75) is 38.8 Å². The van der Waals surface area contributed by atoms with E-state index in [2.05, 4.69) is 48.2 Å². The molecule has 0 aliphatic carbocycles. The molecule has 2 rings (SSSR count). The van der Waals surface area contributed by atoms with Gasteiger partial charge in [0.2, 0.25) is 5.91 Å². The zero-order valence-electron chi connectivity index (χ0n) is 14.9. The summed E-state index contributed by atoms with van der Waals surface area (Å²) in [6.45, 7) is 4.29. The molecule has 1 aromatic rings. The zero-order valence-corrected chi connectivity index (χ0v) is 14.9. The summed E-state index contributed by atoms with van der Waals surface area (Å²) < 4.78 is 0. The minimum absolute atomic E-state index is 0.228. The zero-order chi connectivity index (χ0) is 16.7. The van der Waals surface area contributed by atoms with Crippen molar-refractivity contribution in [1.29, 1.82) is 0 Å². The summed E-state index contributed by atoms with van der Waals surface area (Å²) in [5.74, 6) is 0.228. The van der Waals surface area contributed by atoms with Gasteiger partial charge in [0.15, 0.2) is 0 Å². The molecule has 23 heavy (non-hydrogen) atoms. The minimum atomic E-state index is 0.228. The number of rotatable bonds is 6. The lowest BCUT2D eigenvalue weighted by Gasteiger charge is -2.25. The Kier molecular flexibility index (Phi) is 7.06. The van der Waals surface area contributed by atoms with Gasteiger partial charge in [0, 0.05) is 20.1 Å². The number of carbonyl (C=O) groups is 1. The second-order valence-corrected chi connectivity index (χ2v) is 6.95. The third-order valence-corrected chi connectivity index (χ3v) is 4.50. The quantitative estimate of drug-likeness (QED) is 0.807. The Morgan fingerprint density at radius 1 is 0.957 bits per heavy atom. The highest BCUT2D eigenvalue weighted by Gasteiger charge is 2.17. The second kappa shape index (κ2) is 9.04. The van der Waals surface area contributed by atoms with Crippen molar-refractivity contribution >= 4 is 5.91 Å². The maximum Gasteiger partial charge on any atom is 0.236 e. The van der Waals surface area contributed by atoms with E-state index in [4.69, 9.17) is 0 Å².